The Morgan fingerprint density at radius 1 is 1.13 bits per heavy atom. The van der Waals surface area contributed by atoms with Crippen molar-refractivity contribution in [3.63, 3.8) is 0 Å². The molecule has 0 unspecified atom stereocenters. The Balaban J connectivity index is 1.08. The number of allylic oxidation sites excluding steroid dienone is 2. The topological polar surface area (TPSA) is 75.5 Å². The van der Waals surface area contributed by atoms with E-state index in [1.165, 1.54) is 5.56 Å². The summed E-state index contributed by atoms with van der Waals surface area (Å²) >= 11 is 0. The number of fused-ring (bicyclic) bond motifs is 3. The Hall–Kier alpha value is -2.63. The lowest BCUT2D eigenvalue weighted by Crippen LogP contribution is -2.43. The Labute approximate surface area is 177 Å². The van der Waals surface area contributed by atoms with Crippen LogP contribution < -0.4 is 10.6 Å². The molecule has 5 rings (SSSR count). The van der Waals surface area contributed by atoms with Gasteiger partial charge in [0.25, 0.3) is 0 Å². The van der Waals surface area contributed by atoms with Gasteiger partial charge in [0.15, 0.2) is 0 Å². The largest absolute Gasteiger partial charge is 0.353 e. The van der Waals surface area contributed by atoms with Crippen molar-refractivity contribution >= 4 is 17.5 Å². The summed E-state index contributed by atoms with van der Waals surface area (Å²) in [5.74, 6) is 1.58. The number of aromatic nitrogens is 2. The third-order valence-electron chi connectivity index (χ3n) is 7.17. The smallest absolute Gasteiger partial charge is 0.223 e. The lowest BCUT2D eigenvalue weighted by Gasteiger charge is -2.30. The molecule has 2 N–H and O–H groups in total. The highest BCUT2D eigenvalue weighted by Gasteiger charge is 2.40. The summed E-state index contributed by atoms with van der Waals surface area (Å²) in [6.07, 6.45) is 14.0. The van der Waals surface area contributed by atoms with Crippen molar-refractivity contribution in [2.45, 2.75) is 58.0 Å². The van der Waals surface area contributed by atoms with E-state index in [1.807, 2.05) is 35.9 Å². The number of rotatable bonds is 5. The maximum Gasteiger partial charge on any atom is 0.223 e. The number of nitrogens with one attached hydrogen (secondary N) is 2. The molecule has 2 bridgehead atoms. The second-order valence-corrected chi connectivity index (χ2v) is 9.36. The zero-order valence-electron chi connectivity index (χ0n) is 17.5. The predicted octanol–water partition coefficient (Wildman–Crippen LogP) is 3.15. The van der Waals surface area contributed by atoms with Gasteiger partial charge in [-0.1, -0.05) is 12.2 Å². The van der Waals surface area contributed by atoms with E-state index >= 15 is 0 Å². The van der Waals surface area contributed by atoms with Crippen LogP contribution >= 0.6 is 0 Å². The van der Waals surface area contributed by atoms with E-state index in [1.54, 1.807) is 0 Å². The van der Waals surface area contributed by atoms with Crippen LogP contribution in [0.4, 0.5) is 0 Å². The maximum atomic E-state index is 12.6. The van der Waals surface area contributed by atoms with Gasteiger partial charge in [-0.2, -0.15) is 0 Å². The number of carbonyl (C=O) groups is 2. The van der Waals surface area contributed by atoms with Crippen LogP contribution in [0.1, 0.15) is 49.8 Å². The summed E-state index contributed by atoms with van der Waals surface area (Å²) in [6.45, 7) is 2.50. The first-order chi connectivity index (χ1) is 14.5. The molecule has 3 aliphatic carbocycles. The van der Waals surface area contributed by atoms with Gasteiger partial charge in [0.05, 0.1) is 12.2 Å². The Morgan fingerprint density at radius 2 is 1.97 bits per heavy atom. The molecule has 0 aromatic carbocycles. The molecule has 30 heavy (non-hydrogen) atoms. The fourth-order valence-electron chi connectivity index (χ4n) is 5.43. The predicted molar refractivity (Wildman–Crippen MR) is 115 cm³/mol. The summed E-state index contributed by atoms with van der Waals surface area (Å²) in [4.78, 5) is 29.8. The Bertz CT molecular complexity index is 986. The zero-order valence-corrected chi connectivity index (χ0v) is 17.5. The molecule has 0 spiro atoms. The lowest BCUT2D eigenvalue weighted by molar-refractivity contribution is -0.127. The van der Waals surface area contributed by atoms with Gasteiger partial charge in [0, 0.05) is 30.3 Å². The van der Waals surface area contributed by atoms with Crippen LogP contribution in [0, 0.1) is 30.6 Å². The Kier molecular flexibility index (Phi) is 5.09. The first-order valence-electron chi connectivity index (χ1n) is 11.3. The average Bonchev–Trinajstić information content (AvgIpc) is 3.47. The van der Waals surface area contributed by atoms with Gasteiger partial charge in [-0.05, 0) is 75.0 Å². The highest BCUT2D eigenvalue weighted by atomic mass is 16.2. The van der Waals surface area contributed by atoms with Crippen molar-refractivity contribution in [3.05, 3.63) is 47.9 Å². The van der Waals surface area contributed by atoms with Crippen molar-refractivity contribution in [1.29, 1.82) is 0 Å². The number of carbonyl (C=O) groups excluding carboxylic acids is 2. The number of hydrogen-bond acceptors (Lipinski definition) is 3. The fraction of sp³-hybridized carbons (Fsp3) is 0.542. The van der Waals surface area contributed by atoms with Crippen LogP contribution in [0.2, 0.25) is 0 Å². The van der Waals surface area contributed by atoms with E-state index < -0.39 is 0 Å². The number of aryl methyl sites for hydroxylation is 1. The highest BCUT2D eigenvalue weighted by molar-refractivity contribution is 5.81. The fourth-order valence-corrected chi connectivity index (χ4v) is 5.43. The second-order valence-electron chi connectivity index (χ2n) is 9.36. The molecule has 2 fully saturated rings. The van der Waals surface area contributed by atoms with Crippen LogP contribution in [-0.4, -0.2) is 27.2 Å². The molecular weight excluding hydrogens is 376 g/mol. The summed E-state index contributed by atoms with van der Waals surface area (Å²) in [7, 11) is 0. The number of nitrogens with zero attached hydrogens (tertiary/aromatic N) is 2. The molecule has 0 radical (unpaired) electrons. The normalized spacial score (nSPS) is 30.0. The van der Waals surface area contributed by atoms with Crippen molar-refractivity contribution in [2.24, 2.45) is 23.7 Å². The first-order valence-corrected chi connectivity index (χ1v) is 11.3. The minimum atomic E-state index is 0.0304. The van der Waals surface area contributed by atoms with Crippen molar-refractivity contribution in [2.75, 3.05) is 0 Å². The van der Waals surface area contributed by atoms with E-state index in [0.717, 1.165) is 49.9 Å². The highest BCUT2D eigenvalue weighted by Crippen LogP contribution is 2.43. The van der Waals surface area contributed by atoms with Gasteiger partial charge in [-0.15, -0.1) is 0 Å². The van der Waals surface area contributed by atoms with Gasteiger partial charge in [-0.3, -0.25) is 9.59 Å². The molecule has 2 saturated carbocycles. The summed E-state index contributed by atoms with van der Waals surface area (Å²) in [5.41, 5.74) is 2.95. The number of pyridine rings is 1. The molecule has 2 aromatic rings. The van der Waals surface area contributed by atoms with Gasteiger partial charge >= 0.3 is 0 Å². The maximum absolute atomic E-state index is 12.6. The van der Waals surface area contributed by atoms with Crippen LogP contribution in [0.15, 0.2) is 36.7 Å². The molecule has 6 nitrogen and oxygen atoms in total. The van der Waals surface area contributed by atoms with E-state index in [9.17, 15) is 9.59 Å². The summed E-state index contributed by atoms with van der Waals surface area (Å²) in [5, 5.41) is 6.32. The molecule has 2 heterocycles. The minimum absolute atomic E-state index is 0.0304. The minimum Gasteiger partial charge on any atom is -0.353 e. The SMILES string of the molecule is Cc1ccn2cc(CNC(=O)C3CCC(NC(=O)[C@H]4C[C@@H]5C=C[C@H]4C5)CC3)nc2c1. The molecule has 6 heteroatoms. The number of hydrogen-bond donors (Lipinski definition) is 2. The number of imidazole rings is 1. The lowest BCUT2D eigenvalue weighted by atomic mass is 9.84. The first kappa shape index (κ1) is 19.3. The number of amides is 2. The summed E-state index contributed by atoms with van der Waals surface area (Å²) in [6, 6.07) is 4.29. The molecule has 2 amide bonds. The summed E-state index contributed by atoms with van der Waals surface area (Å²) < 4.78 is 1.98. The quantitative estimate of drug-likeness (QED) is 0.749. The monoisotopic (exact) mass is 406 g/mol. The molecule has 0 saturated heterocycles. The van der Waals surface area contributed by atoms with Crippen molar-refractivity contribution < 1.29 is 9.59 Å². The average molecular weight is 407 g/mol. The molecule has 2 aromatic heterocycles. The van der Waals surface area contributed by atoms with E-state index in [4.69, 9.17) is 0 Å². The van der Waals surface area contributed by atoms with Gasteiger partial charge in [-0.25, -0.2) is 4.98 Å². The second kappa shape index (κ2) is 7.89. The third-order valence-corrected chi connectivity index (χ3v) is 7.17. The van der Waals surface area contributed by atoms with Crippen LogP contribution in [-0.2, 0) is 16.1 Å². The zero-order chi connectivity index (χ0) is 20.7. The van der Waals surface area contributed by atoms with E-state index in [0.29, 0.717) is 18.4 Å². The van der Waals surface area contributed by atoms with E-state index in [2.05, 4.69) is 27.8 Å². The molecule has 3 atom stereocenters. The van der Waals surface area contributed by atoms with Crippen molar-refractivity contribution in [3.8, 4) is 0 Å². The van der Waals surface area contributed by atoms with Crippen molar-refractivity contribution in [1.82, 2.24) is 20.0 Å². The van der Waals surface area contributed by atoms with E-state index in [-0.39, 0.29) is 29.7 Å². The third kappa shape index (κ3) is 3.87. The standard InChI is InChI=1S/C24H30N4O2/c1-15-8-9-28-14-20(26-22(28)10-15)13-25-23(29)17-4-6-19(7-5-17)27-24(30)21-12-16-2-3-18(21)11-16/h2-3,8-10,14,16-19,21H,4-7,11-13H2,1H3,(H,25,29)(H,27,30)/t16-,17?,18+,19?,21+/m1/s1. The van der Waals surface area contributed by atoms with Crippen LogP contribution in [0.5, 0.6) is 0 Å². The van der Waals surface area contributed by atoms with Gasteiger partial charge in [0.2, 0.25) is 11.8 Å². The molecule has 158 valence electrons. The van der Waals surface area contributed by atoms with Gasteiger partial charge in [0.1, 0.15) is 5.65 Å². The molecule has 0 aliphatic heterocycles. The Morgan fingerprint density at radius 3 is 2.70 bits per heavy atom. The van der Waals surface area contributed by atoms with Gasteiger partial charge < -0.3 is 15.0 Å². The molecule has 3 aliphatic rings. The van der Waals surface area contributed by atoms with Crippen LogP contribution in [0.25, 0.3) is 5.65 Å². The van der Waals surface area contributed by atoms with Crippen LogP contribution in [0.3, 0.4) is 0 Å². The molecular formula is C24H30N4O2.